The van der Waals surface area contributed by atoms with Crippen LogP contribution in [0.25, 0.3) is 0 Å². The monoisotopic (exact) mass is 438 g/mol. The van der Waals surface area contributed by atoms with E-state index in [9.17, 15) is 5.11 Å². The summed E-state index contributed by atoms with van der Waals surface area (Å²) >= 11 is 0. The number of aliphatic hydroxyl groups is 1. The van der Waals surface area contributed by atoms with Crippen molar-refractivity contribution in [3.63, 3.8) is 0 Å². The largest absolute Gasteiger partial charge is 0.387 e. The number of hydrogen-bond acceptors (Lipinski definition) is 2. The van der Waals surface area contributed by atoms with Crippen LogP contribution in [0.1, 0.15) is 41.3 Å². The maximum atomic E-state index is 15.7. The van der Waals surface area contributed by atoms with E-state index in [0.717, 1.165) is 28.4 Å². The van der Waals surface area contributed by atoms with Crippen LogP contribution in [-0.4, -0.2) is 5.11 Å². The maximum Gasteiger partial charge on any atom is 0.135 e. The number of rotatable bonds is 5. The highest BCUT2D eigenvalue weighted by molar-refractivity contribution is 7.73. The summed E-state index contributed by atoms with van der Waals surface area (Å²) in [6.45, 7) is 0. The Morgan fingerprint density at radius 3 is 1.81 bits per heavy atom. The molecular weight excluding hydrogens is 411 g/mol. The van der Waals surface area contributed by atoms with E-state index in [1.807, 2.05) is 109 Å². The summed E-state index contributed by atoms with van der Waals surface area (Å²) in [7, 11) is -3.19. The van der Waals surface area contributed by atoms with Crippen LogP contribution < -0.4 is 5.30 Å². The van der Waals surface area contributed by atoms with E-state index in [4.69, 9.17) is 0 Å². The highest BCUT2D eigenvalue weighted by atomic mass is 31.2. The lowest BCUT2D eigenvalue weighted by Crippen LogP contribution is -2.35. The topological polar surface area (TPSA) is 37.3 Å². The molecule has 0 aliphatic carbocycles. The van der Waals surface area contributed by atoms with Crippen molar-refractivity contribution in [3.8, 4) is 0 Å². The Morgan fingerprint density at radius 1 is 0.719 bits per heavy atom. The predicted octanol–water partition coefficient (Wildman–Crippen LogP) is 6.84. The molecule has 1 aliphatic heterocycles. The lowest BCUT2D eigenvalue weighted by Gasteiger charge is -2.42. The van der Waals surface area contributed by atoms with Gasteiger partial charge >= 0.3 is 0 Å². The highest BCUT2D eigenvalue weighted by Crippen LogP contribution is 2.81. The third-order valence-electron chi connectivity index (χ3n) is 7.00. The smallest absolute Gasteiger partial charge is 0.135 e. The first-order valence-corrected chi connectivity index (χ1v) is 12.9. The fourth-order valence-corrected chi connectivity index (χ4v) is 10.1. The van der Waals surface area contributed by atoms with Crippen molar-refractivity contribution in [1.82, 2.24) is 0 Å². The molecule has 0 bridgehead atoms. The van der Waals surface area contributed by atoms with Crippen LogP contribution >= 0.6 is 7.14 Å². The Hall–Kier alpha value is -2.93. The maximum absolute atomic E-state index is 15.7. The second kappa shape index (κ2) is 8.54. The van der Waals surface area contributed by atoms with Crippen LogP contribution in [0.2, 0.25) is 0 Å². The average molecular weight is 439 g/mol. The minimum atomic E-state index is -3.19. The average Bonchev–Trinajstić information content (AvgIpc) is 3.20. The van der Waals surface area contributed by atoms with Crippen LogP contribution in [0.3, 0.4) is 0 Å². The van der Waals surface area contributed by atoms with Crippen molar-refractivity contribution < 1.29 is 9.67 Å². The Morgan fingerprint density at radius 2 is 1.22 bits per heavy atom. The minimum Gasteiger partial charge on any atom is -0.387 e. The third kappa shape index (κ3) is 3.18. The van der Waals surface area contributed by atoms with Gasteiger partial charge in [-0.2, -0.15) is 0 Å². The van der Waals surface area contributed by atoms with Crippen molar-refractivity contribution in [3.05, 3.63) is 138 Å². The summed E-state index contributed by atoms with van der Waals surface area (Å²) in [6, 6.07) is 39.8. The number of hydrogen-bond donors (Lipinski definition) is 1. The van der Waals surface area contributed by atoms with Crippen LogP contribution in [0, 0.1) is 0 Å². The van der Waals surface area contributed by atoms with Gasteiger partial charge in [0, 0.05) is 11.0 Å². The lowest BCUT2D eigenvalue weighted by molar-refractivity contribution is 0.121. The van der Waals surface area contributed by atoms with Crippen LogP contribution in [-0.2, 0) is 9.72 Å². The molecule has 0 aromatic heterocycles. The van der Waals surface area contributed by atoms with Crippen molar-refractivity contribution >= 4 is 12.4 Å². The zero-order valence-electron chi connectivity index (χ0n) is 17.9. The summed E-state index contributed by atoms with van der Waals surface area (Å²) in [6.07, 6.45) is 0.527. The SMILES string of the molecule is O=P1(c2ccccc2)[C@H](c2ccccc2)CC[C@@]1(c1ccccc1)C(O)c1ccccc1. The van der Waals surface area contributed by atoms with Crippen molar-refractivity contribution in [1.29, 1.82) is 0 Å². The Balaban J connectivity index is 1.81. The lowest BCUT2D eigenvalue weighted by atomic mass is 9.84. The van der Waals surface area contributed by atoms with E-state index in [1.165, 1.54) is 0 Å². The number of benzene rings is 4. The van der Waals surface area contributed by atoms with E-state index < -0.39 is 18.4 Å². The molecular formula is C29H27O2P. The molecule has 1 heterocycles. The Labute approximate surface area is 190 Å². The van der Waals surface area contributed by atoms with E-state index >= 15 is 4.57 Å². The zero-order valence-corrected chi connectivity index (χ0v) is 18.8. The molecule has 4 atom stereocenters. The van der Waals surface area contributed by atoms with Crippen LogP contribution in [0.15, 0.2) is 121 Å². The number of aliphatic hydroxyl groups excluding tert-OH is 1. The van der Waals surface area contributed by atoms with Gasteiger partial charge in [-0.1, -0.05) is 121 Å². The highest BCUT2D eigenvalue weighted by Gasteiger charge is 2.62. The fraction of sp³-hybridized carbons (Fsp3) is 0.172. The van der Waals surface area contributed by atoms with Gasteiger partial charge < -0.3 is 9.67 Å². The fourth-order valence-electron chi connectivity index (χ4n) is 5.54. The van der Waals surface area contributed by atoms with E-state index in [2.05, 4.69) is 12.1 Å². The van der Waals surface area contributed by atoms with Crippen LogP contribution in [0.5, 0.6) is 0 Å². The zero-order chi connectivity index (χ0) is 22.0. The first-order chi connectivity index (χ1) is 15.7. The molecule has 0 saturated carbocycles. The van der Waals surface area contributed by atoms with E-state index in [0.29, 0.717) is 6.42 Å². The molecule has 2 nitrogen and oxygen atoms in total. The molecule has 1 fully saturated rings. The summed E-state index contributed by atoms with van der Waals surface area (Å²) in [5.74, 6) is 0. The van der Waals surface area contributed by atoms with Crippen molar-refractivity contribution in [2.75, 3.05) is 0 Å². The third-order valence-corrected chi connectivity index (χ3v) is 11.4. The van der Waals surface area contributed by atoms with Crippen molar-refractivity contribution in [2.45, 2.75) is 29.8 Å². The Kier molecular flexibility index (Phi) is 5.59. The molecule has 5 rings (SSSR count). The molecule has 1 aliphatic rings. The Bertz CT molecular complexity index is 1210. The summed E-state index contributed by atoms with van der Waals surface area (Å²) < 4.78 is 15.7. The molecule has 160 valence electrons. The summed E-state index contributed by atoms with van der Waals surface area (Å²) in [4.78, 5) is 0. The summed E-state index contributed by atoms with van der Waals surface area (Å²) in [5.41, 5.74) is 2.69. The van der Waals surface area contributed by atoms with Gasteiger partial charge in [-0.05, 0) is 29.5 Å². The molecule has 0 amide bonds. The summed E-state index contributed by atoms with van der Waals surface area (Å²) in [5, 5.41) is 11.9. The normalized spacial score (nSPS) is 26.0. The first kappa shape index (κ1) is 20.9. The molecule has 32 heavy (non-hydrogen) atoms. The quantitative estimate of drug-likeness (QED) is 0.346. The predicted molar refractivity (Wildman–Crippen MR) is 132 cm³/mol. The molecule has 2 unspecified atom stereocenters. The van der Waals surface area contributed by atoms with E-state index in [-0.39, 0.29) is 5.66 Å². The van der Waals surface area contributed by atoms with Gasteiger partial charge in [0.15, 0.2) is 0 Å². The van der Waals surface area contributed by atoms with Gasteiger partial charge in [0.2, 0.25) is 0 Å². The molecule has 1 N–H and O–H groups in total. The van der Waals surface area contributed by atoms with Gasteiger partial charge in [0.1, 0.15) is 7.14 Å². The van der Waals surface area contributed by atoms with Gasteiger partial charge in [0.25, 0.3) is 0 Å². The van der Waals surface area contributed by atoms with Gasteiger partial charge in [0.05, 0.1) is 11.3 Å². The molecule has 4 aromatic carbocycles. The minimum absolute atomic E-state index is 0.148. The second-order valence-corrected chi connectivity index (χ2v) is 11.8. The molecule has 3 heteroatoms. The molecule has 0 spiro atoms. The first-order valence-electron chi connectivity index (χ1n) is 11.2. The van der Waals surface area contributed by atoms with Crippen LogP contribution in [0.4, 0.5) is 0 Å². The second-order valence-electron chi connectivity index (χ2n) is 8.56. The van der Waals surface area contributed by atoms with E-state index in [1.54, 1.807) is 0 Å². The standard InChI is InChI=1S/C29H27O2P/c30-28(24-15-7-2-8-16-24)29(25-17-9-3-10-18-25)22-21-27(23-13-5-1-6-14-23)32(29,31)26-19-11-4-12-20-26/h1-20,27-28,30H,21-22H2/t27-,28?,29+,32?/m0/s1. The van der Waals surface area contributed by atoms with Gasteiger partial charge in [-0.15, -0.1) is 0 Å². The molecule has 0 radical (unpaired) electrons. The molecule has 4 aromatic rings. The van der Waals surface area contributed by atoms with Gasteiger partial charge in [-0.25, -0.2) is 0 Å². The van der Waals surface area contributed by atoms with Crippen molar-refractivity contribution in [2.24, 2.45) is 0 Å². The molecule has 1 saturated heterocycles. The van der Waals surface area contributed by atoms with Gasteiger partial charge in [-0.3, -0.25) is 0 Å².